The van der Waals surface area contributed by atoms with E-state index in [0.717, 1.165) is 10.0 Å². The molecule has 1 unspecified atom stereocenters. The smallest absolute Gasteiger partial charge is 0.248 e. The number of amides is 1. The summed E-state index contributed by atoms with van der Waals surface area (Å²) in [6.07, 6.45) is 0. The lowest BCUT2D eigenvalue weighted by Crippen LogP contribution is -2.12. The molecule has 4 N–H and O–H groups in total. The number of carbonyl (C=O) groups is 1. The van der Waals surface area contributed by atoms with Crippen molar-refractivity contribution in [2.75, 3.05) is 5.73 Å². The van der Waals surface area contributed by atoms with Gasteiger partial charge in [0.15, 0.2) is 0 Å². The van der Waals surface area contributed by atoms with Gasteiger partial charge >= 0.3 is 0 Å². The number of benzene rings is 2. The molecule has 4 nitrogen and oxygen atoms in total. The first-order valence-electron chi connectivity index (χ1n) is 5.80. The number of halogens is 1. The highest BCUT2D eigenvalue weighted by atomic mass is 79.9. The number of nitrogen functional groups attached to an aromatic ring is 1. The minimum Gasteiger partial charge on any atom is -0.398 e. The Hall–Kier alpha value is -1.66. The topological polar surface area (TPSA) is 86.2 Å². The normalized spacial score (nSPS) is 12.1. The molecule has 0 aliphatic rings. The Morgan fingerprint density at radius 3 is 2.50 bits per heavy atom. The SMILES string of the molecule is NC(=O)c1ccc(CS(=O)c2ccccc2Br)c(N)c1. The van der Waals surface area contributed by atoms with Gasteiger partial charge in [-0.2, -0.15) is 0 Å². The van der Waals surface area contributed by atoms with E-state index >= 15 is 0 Å². The summed E-state index contributed by atoms with van der Waals surface area (Å²) in [5.74, 6) is -0.247. The minimum atomic E-state index is -1.22. The molecule has 104 valence electrons. The van der Waals surface area contributed by atoms with Crippen molar-refractivity contribution < 1.29 is 9.00 Å². The van der Waals surface area contributed by atoms with Crippen LogP contribution in [0, 0.1) is 0 Å². The highest BCUT2D eigenvalue weighted by molar-refractivity contribution is 9.10. The number of anilines is 1. The summed E-state index contributed by atoms with van der Waals surface area (Å²) in [7, 11) is -1.22. The quantitative estimate of drug-likeness (QED) is 0.828. The Bertz CT molecular complexity index is 689. The summed E-state index contributed by atoms with van der Waals surface area (Å²) in [4.78, 5) is 11.8. The van der Waals surface area contributed by atoms with Gasteiger partial charge in [0, 0.05) is 15.7 Å². The molecule has 2 rings (SSSR count). The molecule has 2 aromatic carbocycles. The molecule has 0 radical (unpaired) electrons. The van der Waals surface area contributed by atoms with Crippen molar-refractivity contribution in [1.29, 1.82) is 0 Å². The van der Waals surface area contributed by atoms with E-state index < -0.39 is 16.7 Å². The Morgan fingerprint density at radius 2 is 1.90 bits per heavy atom. The van der Waals surface area contributed by atoms with Gasteiger partial charge in [0.25, 0.3) is 0 Å². The highest BCUT2D eigenvalue weighted by Crippen LogP contribution is 2.24. The molecule has 0 heterocycles. The van der Waals surface area contributed by atoms with E-state index in [-0.39, 0.29) is 5.75 Å². The van der Waals surface area contributed by atoms with Crippen LogP contribution in [-0.2, 0) is 16.6 Å². The van der Waals surface area contributed by atoms with Crippen LogP contribution in [0.15, 0.2) is 51.8 Å². The third-order valence-corrected chi connectivity index (χ3v) is 5.17. The van der Waals surface area contributed by atoms with Gasteiger partial charge in [0.2, 0.25) is 5.91 Å². The Labute approximate surface area is 127 Å². The van der Waals surface area contributed by atoms with E-state index in [1.54, 1.807) is 18.2 Å². The second kappa shape index (κ2) is 6.19. The molecule has 0 saturated heterocycles. The third kappa shape index (κ3) is 3.26. The van der Waals surface area contributed by atoms with Crippen molar-refractivity contribution in [3.05, 3.63) is 58.1 Å². The maximum Gasteiger partial charge on any atom is 0.248 e. The molecule has 0 bridgehead atoms. The van der Waals surface area contributed by atoms with Crippen molar-refractivity contribution in [2.24, 2.45) is 5.73 Å². The van der Waals surface area contributed by atoms with Crippen LogP contribution in [0.5, 0.6) is 0 Å². The summed E-state index contributed by atoms with van der Waals surface area (Å²) < 4.78 is 13.1. The monoisotopic (exact) mass is 352 g/mol. The summed E-state index contributed by atoms with van der Waals surface area (Å²) >= 11 is 3.37. The van der Waals surface area contributed by atoms with Gasteiger partial charge in [-0.05, 0) is 45.8 Å². The predicted octanol–water partition coefficient (Wildman–Crippen LogP) is 2.44. The fourth-order valence-corrected chi connectivity index (χ4v) is 3.77. The van der Waals surface area contributed by atoms with Gasteiger partial charge in [-0.15, -0.1) is 0 Å². The average molecular weight is 353 g/mol. The van der Waals surface area contributed by atoms with E-state index in [0.29, 0.717) is 16.1 Å². The number of primary amides is 1. The molecule has 0 saturated carbocycles. The standard InChI is InChI=1S/C14H13BrN2O2S/c15-11-3-1-2-4-13(11)20(19)8-10-6-5-9(14(17)18)7-12(10)16/h1-7H,8,16H2,(H2,17,18). The molecule has 2 aromatic rings. The van der Waals surface area contributed by atoms with E-state index in [1.807, 2.05) is 18.2 Å². The van der Waals surface area contributed by atoms with E-state index in [2.05, 4.69) is 15.9 Å². The van der Waals surface area contributed by atoms with Gasteiger partial charge in [0.05, 0.1) is 21.4 Å². The van der Waals surface area contributed by atoms with Gasteiger partial charge in [0.1, 0.15) is 0 Å². The van der Waals surface area contributed by atoms with Gasteiger partial charge in [-0.25, -0.2) is 0 Å². The zero-order valence-corrected chi connectivity index (χ0v) is 12.9. The van der Waals surface area contributed by atoms with Gasteiger partial charge in [-0.3, -0.25) is 9.00 Å². The lowest BCUT2D eigenvalue weighted by Gasteiger charge is -2.08. The van der Waals surface area contributed by atoms with Crippen molar-refractivity contribution in [3.8, 4) is 0 Å². The van der Waals surface area contributed by atoms with E-state index in [1.165, 1.54) is 6.07 Å². The maximum atomic E-state index is 12.3. The first kappa shape index (κ1) is 14.7. The van der Waals surface area contributed by atoms with Crippen molar-refractivity contribution in [3.63, 3.8) is 0 Å². The molecule has 0 spiro atoms. The van der Waals surface area contributed by atoms with E-state index in [4.69, 9.17) is 11.5 Å². The van der Waals surface area contributed by atoms with Crippen LogP contribution in [0.4, 0.5) is 5.69 Å². The lowest BCUT2D eigenvalue weighted by atomic mass is 10.1. The largest absolute Gasteiger partial charge is 0.398 e. The summed E-state index contributed by atoms with van der Waals surface area (Å²) in [5.41, 5.74) is 12.5. The molecule has 0 aromatic heterocycles. The number of nitrogens with two attached hydrogens (primary N) is 2. The molecule has 6 heteroatoms. The first-order valence-corrected chi connectivity index (χ1v) is 7.91. The molecule has 1 atom stereocenters. The molecule has 1 amide bonds. The fraction of sp³-hybridized carbons (Fsp3) is 0.0714. The fourth-order valence-electron chi connectivity index (χ4n) is 1.73. The van der Waals surface area contributed by atoms with Crippen LogP contribution in [-0.4, -0.2) is 10.1 Å². The average Bonchev–Trinajstić information content (AvgIpc) is 2.41. The second-order valence-electron chi connectivity index (χ2n) is 4.20. The van der Waals surface area contributed by atoms with E-state index in [9.17, 15) is 9.00 Å². The van der Waals surface area contributed by atoms with Gasteiger partial charge < -0.3 is 11.5 Å². The van der Waals surface area contributed by atoms with Crippen LogP contribution in [0.25, 0.3) is 0 Å². The van der Waals surface area contributed by atoms with Crippen molar-refractivity contribution in [2.45, 2.75) is 10.6 Å². The molecule has 0 aliphatic heterocycles. The van der Waals surface area contributed by atoms with Crippen LogP contribution >= 0.6 is 15.9 Å². The Kier molecular flexibility index (Phi) is 4.57. The van der Waals surface area contributed by atoms with Crippen molar-refractivity contribution >= 4 is 38.3 Å². The summed E-state index contributed by atoms with van der Waals surface area (Å²) in [5, 5.41) is 0. The highest BCUT2D eigenvalue weighted by Gasteiger charge is 2.11. The molecule has 0 aliphatic carbocycles. The molecule has 20 heavy (non-hydrogen) atoms. The zero-order chi connectivity index (χ0) is 14.7. The first-order chi connectivity index (χ1) is 9.49. The van der Waals surface area contributed by atoms with Crippen molar-refractivity contribution in [1.82, 2.24) is 0 Å². The second-order valence-corrected chi connectivity index (χ2v) is 6.47. The Balaban J connectivity index is 2.25. The summed E-state index contributed by atoms with van der Waals surface area (Å²) in [6, 6.07) is 12.1. The molecule has 0 fully saturated rings. The zero-order valence-electron chi connectivity index (χ0n) is 10.5. The van der Waals surface area contributed by atoms with Crippen LogP contribution < -0.4 is 11.5 Å². The minimum absolute atomic E-state index is 0.285. The third-order valence-electron chi connectivity index (χ3n) is 2.80. The van der Waals surface area contributed by atoms with Crippen LogP contribution in [0.2, 0.25) is 0 Å². The number of rotatable bonds is 4. The number of hydrogen-bond donors (Lipinski definition) is 2. The number of carbonyl (C=O) groups excluding carboxylic acids is 1. The van der Waals surface area contributed by atoms with Crippen LogP contribution in [0.1, 0.15) is 15.9 Å². The summed E-state index contributed by atoms with van der Waals surface area (Å²) in [6.45, 7) is 0. The van der Waals surface area contributed by atoms with Gasteiger partial charge in [-0.1, -0.05) is 18.2 Å². The Morgan fingerprint density at radius 1 is 1.20 bits per heavy atom. The lowest BCUT2D eigenvalue weighted by molar-refractivity contribution is 0.100. The molecular weight excluding hydrogens is 340 g/mol. The predicted molar refractivity (Wildman–Crippen MR) is 83.6 cm³/mol. The molecular formula is C14H13BrN2O2S. The maximum absolute atomic E-state index is 12.3. The number of hydrogen-bond acceptors (Lipinski definition) is 3. The van der Waals surface area contributed by atoms with Crippen LogP contribution in [0.3, 0.4) is 0 Å².